The molecule has 2 aliphatic rings. The van der Waals surface area contributed by atoms with Crippen molar-refractivity contribution in [1.29, 1.82) is 0 Å². The molecule has 1 aromatic carbocycles. The zero-order chi connectivity index (χ0) is 16.0. The van der Waals surface area contributed by atoms with Gasteiger partial charge in [-0.15, -0.1) is 0 Å². The summed E-state index contributed by atoms with van der Waals surface area (Å²) in [7, 11) is -3.07. The molecule has 1 aromatic heterocycles. The second kappa shape index (κ2) is 5.61. The Balaban J connectivity index is 1.45. The van der Waals surface area contributed by atoms with E-state index in [0.717, 1.165) is 25.9 Å². The number of piperidine rings is 1. The van der Waals surface area contributed by atoms with Gasteiger partial charge in [0.15, 0.2) is 9.84 Å². The highest BCUT2D eigenvalue weighted by Gasteiger charge is 2.41. The molecule has 0 saturated carbocycles. The molecule has 0 spiro atoms. The fourth-order valence-corrected chi connectivity index (χ4v) is 5.85. The number of nitrogens with one attached hydrogen (secondary N) is 1. The first-order chi connectivity index (χ1) is 11.0. The van der Waals surface area contributed by atoms with Crippen LogP contribution in [0.15, 0.2) is 30.3 Å². The van der Waals surface area contributed by atoms with Crippen molar-refractivity contribution >= 4 is 20.7 Å². The van der Waals surface area contributed by atoms with Crippen LogP contribution in [-0.2, 0) is 9.84 Å². The minimum Gasteiger partial charge on any atom is -0.390 e. The molecule has 23 heavy (non-hydrogen) atoms. The average molecular weight is 334 g/mol. The molecule has 0 amide bonds. The van der Waals surface area contributed by atoms with Gasteiger partial charge in [-0.2, -0.15) is 0 Å². The lowest BCUT2D eigenvalue weighted by molar-refractivity contribution is 0.0662. The Bertz CT molecular complexity index is 773. The minimum atomic E-state index is -3.07. The highest BCUT2D eigenvalue weighted by atomic mass is 32.2. The van der Waals surface area contributed by atoms with E-state index in [0.29, 0.717) is 5.92 Å². The summed E-state index contributed by atoms with van der Waals surface area (Å²) in [6.45, 7) is 1.69. The topological polar surface area (TPSA) is 73.4 Å². The third-order valence-electron chi connectivity index (χ3n) is 5.28. The van der Waals surface area contributed by atoms with Gasteiger partial charge in [-0.25, -0.2) is 8.42 Å². The summed E-state index contributed by atoms with van der Waals surface area (Å²) in [5.74, 6) is 0.499. The van der Waals surface area contributed by atoms with Gasteiger partial charge in [0.1, 0.15) is 0 Å². The first-order valence-electron chi connectivity index (χ1n) is 8.22. The molecular formula is C17H22N2O3S. The van der Waals surface area contributed by atoms with Crippen LogP contribution in [0.5, 0.6) is 0 Å². The van der Waals surface area contributed by atoms with E-state index in [1.54, 1.807) is 0 Å². The lowest BCUT2D eigenvalue weighted by Crippen LogP contribution is -2.46. The van der Waals surface area contributed by atoms with Gasteiger partial charge >= 0.3 is 0 Å². The fraction of sp³-hybridized carbons (Fsp3) is 0.529. The number of sulfone groups is 1. The van der Waals surface area contributed by atoms with Gasteiger partial charge in [0.05, 0.1) is 23.7 Å². The zero-order valence-corrected chi connectivity index (χ0v) is 13.8. The van der Waals surface area contributed by atoms with Crippen LogP contribution in [-0.4, -0.2) is 60.1 Å². The number of likely N-dealkylation sites (tertiary alicyclic amines) is 1. The molecule has 2 N–H and O–H groups in total. The number of H-pyrrole nitrogens is 1. The largest absolute Gasteiger partial charge is 0.390 e. The summed E-state index contributed by atoms with van der Waals surface area (Å²) in [6, 6.07) is 10.3. The van der Waals surface area contributed by atoms with E-state index in [1.807, 2.05) is 12.1 Å². The zero-order valence-electron chi connectivity index (χ0n) is 13.0. The number of aliphatic hydroxyl groups is 1. The number of rotatable bonds is 2. The minimum absolute atomic E-state index is 0.0837. The SMILES string of the molecule is O=S1(=O)C[C@@H](O)[C@H](N2CCC(c3cc4ccccc4[nH]3)CC2)C1. The monoisotopic (exact) mass is 334 g/mol. The number of aromatic nitrogens is 1. The van der Waals surface area contributed by atoms with Crippen LogP contribution in [0, 0.1) is 0 Å². The Labute approximate surface area is 136 Å². The van der Waals surface area contributed by atoms with Crippen LogP contribution in [0.4, 0.5) is 0 Å². The van der Waals surface area contributed by atoms with Gasteiger partial charge in [-0.05, 0) is 43.5 Å². The van der Waals surface area contributed by atoms with E-state index < -0.39 is 15.9 Å². The number of aromatic amines is 1. The second-order valence-corrected chi connectivity index (χ2v) is 8.99. The standard InChI is InChI=1S/C17H22N2O3S/c20-17-11-23(21,22)10-16(17)19-7-5-12(6-8-19)15-9-13-3-1-2-4-14(13)18-15/h1-4,9,12,16-18,20H,5-8,10-11H2/t16-,17-/m1/s1. The molecule has 2 aromatic rings. The highest BCUT2D eigenvalue weighted by molar-refractivity contribution is 7.91. The van der Waals surface area contributed by atoms with E-state index >= 15 is 0 Å². The van der Waals surface area contributed by atoms with Crippen LogP contribution in [0.2, 0.25) is 0 Å². The molecule has 0 unspecified atom stereocenters. The smallest absolute Gasteiger partial charge is 0.154 e. The molecule has 124 valence electrons. The summed E-state index contributed by atoms with van der Waals surface area (Å²) in [4.78, 5) is 5.67. The Morgan fingerprint density at radius 2 is 1.87 bits per heavy atom. The molecular weight excluding hydrogens is 312 g/mol. The number of nitrogens with zero attached hydrogens (tertiary/aromatic N) is 1. The lowest BCUT2D eigenvalue weighted by atomic mass is 9.92. The third-order valence-corrected chi connectivity index (χ3v) is 6.98. The predicted octanol–water partition coefficient (Wildman–Crippen LogP) is 1.51. The Morgan fingerprint density at radius 1 is 1.13 bits per heavy atom. The van der Waals surface area contributed by atoms with Crippen molar-refractivity contribution in [3.05, 3.63) is 36.0 Å². The van der Waals surface area contributed by atoms with Gasteiger partial charge in [0.25, 0.3) is 0 Å². The first-order valence-corrected chi connectivity index (χ1v) is 10.0. The number of hydrogen-bond donors (Lipinski definition) is 2. The summed E-state index contributed by atoms with van der Waals surface area (Å²) in [6.07, 6.45) is 1.26. The maximum atomic E-state index is 11.7. The summed E-state index contributed by atoms with van der Waals surface area (Å²) < 4.78 is 23.4. The molecule has 0 radical (unpaired) electrons. The quantitative estimate of drug-likeness (QED) is 0.873. The predicted molar refractivity (Wildman–Crippen MR) is 90.3 cm³/mol. The van der Waals surface area contributed by atoms with Gasteiger partial charge in [0, 0.05) is 17.1 Å². The number of benzene rings is 1. The lowest BCUT2D eigenvalue weighted by Gasteiger charge is -2.36. The number of fused-ring (bicyclic) bond motifs is 1. The summed E-state index contributed by atoms with van der Waals surface area (Å²) >= 11 is 0. The van der Waals surface area contributed by atoms with Crippen LogP contribution < -0.4 is 0 Å². The second-order valence-electron chi connectivity index (χ2n) is 6.83. The molecule has 4 rings (SSSR count). The van der Waals surface area contributed by atoms with Crippen molar-refractivity contribution in [2.75, 3.05) is 24.6 Å². The summed E-state index contributed by atoms with van der Waals surface area (Å²) in [5.41, 5.74) is 2.44. The molecule has 5 nitrogen and oxygen atoms in total. The van der Waals surface area contributed by atoms with E-state index in [9.17, 15) is 13.5 Å². The number of aliphatic hydroxyl groups excluding tert-OH is 1. The van der Waals surface area contributed by atoms with Gasteiger partial charge in [-0.1, -0.05) is 18.2 Å². The molecule has 0 aliphatic carbocycles. The molecule has 3 heterocycles. The Kier molecular flexibility index (Phi) is 3.70. The average Bonchev–Trinajstić information content (AvgIpc) is 3.07. The normalized spacial score (nSPS) is 29.3. The summed E-state index contributed by atoms with van der Waals surface area (Å²) in [5, 5.41) is 11.3. The van der Waals surface area contributed by atoms with Crippen molar-refractivity contribution < 1.29 is 13.5 Å². The maximum Gasteiger partial charge on any atom is 0.154 e. The van der Waals surface area contributed by atoms with Crippen molar-refractivity contribution in [3.63, 3.8) is 0 Å². The first kappa shape index (κ1) is 15.2. The van der Waals surface area contributed by atoms with Crippen molar-refractivity contribution in [1.82, 2.24) is 9.88 Å². The van der Waals surface area contributed by atoms with Gasteiger partial charge in [0.2, 0.25) is 0 Å². The molecule has 2 fully saturated rings. The third kappa shape index (κ3) is 2.91. The molecule has 2 aliphatic heterocycles. The molecule has 2 saturated heterocycles. The maximum absolute atomic E-state index is 11.7. The van der Waals surface area contributed by atoms with E-state index in [-0.39, 0.29) is 17.5 Å². The molecule has 2 atom stereocenters. The Hall–Kier alpha value is -1.37. The molecule has 0 bridgehead atoms. The van der Waals surface area contributed by atoms with Crippen LogP contribution in [0.3, 0.4) is 0 Å². The van der Waals surface area contributed by atoms with E-state index in [4.69, 9.17) is 0 Å². The van der Waals surface area contributed by atoms with Crippen LogP contribution in [0.25, 0.3) is 10.9 Å². The highest BCUT2D eigenvalue weighted by Crippen LogP contribution is 2.32. The van der Waals surface area contributed by atoms with Gasteiger partial charge < -0.3 is 10.1 Å². The van der Waals surface area contributed by atoms with Crippen molar-refractivity contribution in [2.45, 2.75) is 30.9 Å². The van der Waals surface area contributed by atoms with E-state index in [2.05, 4.69) is 28.1 Å². The van der Waals surface area contributed by atoms with E-state index in [1.165, 1.54) is 16.6 Å². The van der Waals surface area contributed by atoms with Crippen LogP contribution in [0.1, 0.15) is 24.5 Å². The fourth-order valence-electron chi connectivity index (χ4n) is 4.02. The number of hydrogen-bond acceptors (Lipinski definition) is 4. The molecule has 6 heteroatoms. The number of para-hydroxylation sites is 1. The van der Waals surface area contributed by atoms with Crippen molar-refractivity contribution in [2.24, 2.45) is 0 Å². The van der Waals surface area contributed by atoms with Crippen LogP contribution >= 0.6 is 0 Å². The van der Waals surface area contributed by atoms with Gasteiger partial charge in [-0.3, -0.25) is 4.90 Å². The van der Waals surface area contributed by atoms with Crippen molar-refractivity contribution in [3.8, 4) is 0 Å². The Morgan fingerprint density at radius 3 is 2.52 bits per heavy atom.